The average Bonchev–Trinajstić information content (AvgIpc) is 2.69. The number of rotatable bonds is 7. The van der Waals surface area contributed by atoms with E-state index in [9.17, 15) is 9.18 Å². The molecule has 0 bridgehead atoms. The van der Waals surface area contributed by atoms with Crippen LogP contribution in [0.2, 0.25) is 0 Å². The summed E-state index contributed by atoms with van der Waals surface area (Å²) in [4.78, 5) is 18.7. The van der Waals surface area contributed by atoms with E-state index in [0.717, 1.165) is 17.7 Å². The summed E-state index contributed by atoms with van der Waals surface area (Å²) in [5, 5.41) is 13.4. The molecule has 3 rings (SSSR count). The predicted molar refractivity (Wildman–Crippen MR) is 106 cm³/mol. The van der Waals surface area contributed by atoms with Crippen LogP contribution in [0.5, 0.6) is 0 Å². The lowest BCUT2D eigenvalue weighted by Gasteiger charge is -2.24. The minimum absolute atomic E-state index is 0.317. The van der Waals surface area contributed by atoms with E-state index in [4.69, 9.17) is 9.94 Å². The smallest absolute Gasteiger partial charge is 0.332 e. The molecule has 0 saturated carbocycles. The molecule has 6 heteroatoms. The van der Waals surface area contributed by atoms with Gasteiger partial charge in [0.2, 0.25) is 0 Å². The number of hydrogen-bond donors (Lipinski definition) is 1. The molecule has 28 heavy (non-hydrogen) atoms. The SMILES string of the molecule is Cc1ccccc1C(=NOCCN1CCC=C(C(=O)O)C1)c1cccc(F)c1. The first-order chi connectivity index (χ1) is 13.5. The van der Waals surface area contributed by atoms with Gasteiger partial charge < -0.3 is 9.94 Å². The highest BCUT2D eigenvalue weighted by molar-refractivity contribution is 6.13. The zero-order chi connectivity index (χ0) is 19.9. The third kappa shape index (κ3) is 5.04. The Labute approximate surface area is 163 Å². The van der Waals surface area contributed by atoms with Crippen molar-refractivity contribution in [3.63, 3.8) is 0 Å². The molecule has 0 amide bonds. The fourth-order valence-corrected chi connectivity index (χ4v) is 3.16. The van der Waals surface area contributed by atoms with Crippen LogP contribution in [0.25, 0.3) is 0 Å². The van der Waals surface area contributed by atoms with Gasteiger partial charge in [-0.2, -0.15) is 0 Å². The Morgan fingerprint density at radius 2 is 2.07 bits per heavy atom. The second-order valence-corrected chi connectivity index (χ2v) is 6.70. The summed E-state index contributed by atoms with van der Waals surface area (Å²) in [6.45, 7) is 4.04. The number of nitrogens with zero attached hydrogens (tertiary/aromatic N) is 2. The van der Waals surface area contributed by atoms with E-state index in [1.165, 1.54) is 12.1 Å². The molecule has 5 nitrogen and oxygen atoms in total. The normalized spacial score (nSPS) is 15.2. The van der Waals surface area contributed by atoms with Crippen LogP contribution < -0.4 is 0 Å². The minimum atomic E-state index is -0.878. The Hall–Kier alpha value is -2.99. The summed E-state index contributed by atoms with van der Waals surface area (Å²) in [6, 6.07) is 14.0. The number of halogens is 1. The van der Waals surface area contributed by atoms with E-state index < -0.39 is 5.97 Å². The molecule has 0 aliphatic carbocycles. The first kappa shape index (κ1) is 19.8. The number of oxime groups is 1. The molecule has 0 fully saturated rings. The number of carboxylic acids is 1. The lowest BCUT2D eigenvalue weighted by Crippen LogP contribution is -2.34. The van der Waals surface area contributed by atoms with Crippen LogP contribution in [-0.4, -0.2) is 47.9 Å². The second kappa shape index (κ2) is 9.28. The Bertz CT molecular complexity index is 908. The van der Waals surface area contributed by atoms with Gasteiger partial charge in [0.15, 0.2) is 0 Å². The van der Waals surface area contributed by atoms with Crippen molar-refractivity contribution in [2.24, 2.45) is 5.16 Å². The molecule has 1 aliphatic heterocycles. The number of carbonyl (C=O) groups is 1. The monoisotopic (exact) mass is 382 g/mol. The number of carboxylic acid groups (broad SMARTS) is 1. The van der Waals surface area contributed by atoms with Crippen molar-refractivity contribution in [3.8, 4) is 0 Å². The van der Waals surface area contributed by atoms with Gasteiger partial charge in [-0.1, -0.05) is 47.6 Å². The summed E-state index contributed by atoms with van der Waals surface area (Å²) < 4.78 is 13.7. The Balaban J connectivity index is 1.71. The quantitative estimate of drug-likeness (QED) is 0.451. The van der Waals surface area contributed by atoms with Crippen LogP contribution >= 0.6 is 0 Å². The highest BCUT2D eigenvalue weighted by atomic mass is 19.1. The van der Waals surface area contributed by atoms with E-state index in [2.05, 4.69) is 5.16 Å². The minimum Gasteiger partial charge on any atom is -0.478 e. The molecule has 0 spiro atoms. The summed E-state index contributed by atoms with van der Waals surface area (Å²) in [7, 11) is 0. The molecule has 0 radical (unpaired) electrons. The van der Waals surface area contributed by atoms with Crippen molar-refractivity contribution in [1.29, 1.82) is 0 Å². The van der Waals surface area contributed by atoms with Gasteiger partial charge in [0.25, 0.3) is 0 Å². The van der Waals surface area contributed by atoms with Gasteiger partial charge in [0.1, 0.15) is 18.1 Å². The predicted octanol–water partition coefficient (Wildman–Crippen LogP) is 3.62. The maximum atomic E-state index is 13.7. The lowest BCUT2D eigenvalue weighted by molar-refractivity contribution is -0.133. The van der Waals surface area contributed by atoms with Gasteiger partial charge in [-0.25, -0.2) is 9.18 Å². The maximum absolute atomic E-state index is 13.7. The molecule has 1 aliphatic rings. The van der Waals surface area contributed by atoms with Gasteiger partial charge in [0.05, 0.1) is 0 Å². The Morgan fingerprint density at radius 1 is 1.25 bits per heavy atom. The van der Waals surface area contributed by atoms with Crippen LogP contribution in [-0.2, 0) is 9.63 Å². The van der Waals surface area contributed by atoms with E-state index in [1.807, 2.05) is 36.1 Å². The zero-order valence-corrected chi connectivity index (χ0v) is 15.8. The Kier molecular flexibility index (Phi) is 6.55. The van der Waals surface area contributed by atoms with Crippen LogP contribution in [0, 0.1) is 12.7 Å². The highest BCUT2D eigenvalue weighted by Gasteiger charge is 2.17. The fraction of sp³-hybridized carbons (Fsp3) is 0.273. The van der Waals surface area contributed by atoms with Gasteiger partial charge in [-0.15, -0.1) is 0 Å². The second-order valence-electron chi connectivity index (χ2n) is 6.70. The molecular formula is C22H23FN2O3. The molecule has 2 aromatic carbocycles. The van der Waals surface area contributed by atoms with Crippen molar-refractivity contribution in [3.05, 3.63) is 82.7 Å². The maximum Gasteiger partial charge on any atom is 0.332 e. The third-order valence-corrected chi connectivity index (χ3v) is 4.66. The summed E-state index contributed by atoms with van der Waals surface area (Å²) in [5.74, 6) is -1.21. The van der Waals surface area contributed by atoms with Crippen molar-refractivity contribution < 1.29 is 19.1 Å². The van der Waals surface area contributed by atoms with Crippen LogP contribution in [0.1, 0.15) is 23.1 Å². The van der Waals surface area contributed by atoms with Crippen LogP contribution in [0.3, 0.4) is 0 Å². The first-order valence-corrected chi connectivity index (χ1v) is 9.21. The highest BCUT2D eigenvalue weighted by Crippen LogP contribution is 2.16. The van der Waals surface area contributed by atoms with Gasteiger partial charge >= 0.3 is 5.97 Å². The van der Waals surface area contributed by atoms with Crippen molar-refractivity contribution in [2.75, 3.05) is 26.2 Å². The molecule has 1 N–H and O–H groups in total. The van der Waals surface area contributed by atoms with Crippen LogP contribution in [0.15, 0.2) is 65.3 Å². The molecule has 0 atom stereocenters. The van der Waals surface area contributed by atoms with E-state index in [0.29, 0.717) is 43.0 Å². The van der Waals surface area contributed by atoms with E-state index >= 15 is 0 Å². The largest absolute Gasteiger partial charge is 0.478 e. The number of hydrogen-bond acceptors (Lipinski definition) is 4. The van der Waals surface area contributed by atoms with Gasteiger partial charge in [0, 0.05) is 36.3 Å². The Morgan fingerprint density at radius 3 is 2.82 bits per heavy atom. The van der Waals surface area contributed by atoms with Crippen LogP contribution in [0.4, 0.5) is 4.39 Å². The first-order valence-electron chi connectivity index (χ1n) is 9.21. The van der Waals surface area contributed by atoms with Gasteiger partial charge in [-0.3, -0.25) is 4.90 Å². The molecule has 2 aromatic rings. The summed E-state index contributed by atoms with van der Waals surface area (Å²) in [6.07, 6.45) is 2.47. The summed E-state index contributed by atoms with van der Waals surface area (Å²) >= 11 is 0. The molecule has 146 valence electrons. The van der Waals surface area contributed by atoms with Gasteiger partial charge in [-0.05, 0) is 31.0 Å². The average molecular weight is 382 g/mol. The topological polar surface area (TPSA) is 62.1 Å². The standard InChI is InChI=1S/C22H23FN2O3/c1-16-6-2-3-10-20(16)21(17-7-4-9-19(23)14-17)24-28-13-12-25-11-5-8-18(15-25)22(26)27/h2-4,6-10,14H,5,11-13,15H2,1H3,(H,26,27). The van der Waals surface area contributed by atoms with Crippen molar-refractivity contribution in [1.82, 2.24) is 4.90 Å². The number of aryl methyl sites for hydroxylation is 1. The molecule has 0 unspecified atom stereocenters. The molecule has 0 aromatic heterocycles. The zero-order valence-electron chi connectivity index (χ0n) is 15.8. The lowest BCUT2D eigenvalue weighted by atomic mass is 9.98. The number of benzene rings is 2. The molecular weight excluding hydrogens is 359 g/mol. The molecule has 1 heterocycles. The molecule has 0 saturated heterocycles. The third-order valence-electron chi connectivity index (χ3n) is 4.66. The van der Waals surface area contributed by atoms with Crippen molar-refractivity contribution >= 4 is 11.7 Å². The van der Waals surface area contributed by atoms with E-state index in [-0.39, 0.29) is 5.82 Å². The van der Waals surface area contributed by atoms with Crippen molar-refractivity contribution in [2.45, 2.75) is 13.3 Å². The fourth-order valence-electron chi connectivity index (χ4n) is 3.16. The number of aliphatic carboxylic acids is 1. The summed E-state index contributed by atoms with van der Waals surface area (Å²) in [5.41, 5.74) is 3.52. The van der Waals surface area contributed by atoms with E-state index in [1.54, 1.807) is 18.2 Å².